The van der Waals surface area contributed by atoms with Gasteiger partial charge in [0.05, 0.1) is 11.6 Å². The Kier molecular flexibility index (Phi) is 5.79. The van der Waals surface area contributed by atoms with E-state index >= 15 is 0 Å². The second-order valence-corrected chi connectivity index (χ2v) is 9.05. The van der Waals surface area contributed by atoms with Crippen molar-refractivity contribution < 1.29 is 14.9 Å². The maximum absolute atomic E-state index is 9.21. The molecule has 0 saturated carbocycles. The van der Waals surface area contributed by atoms with Crippen LogP contribution in [-0.2, 0) is 6.42 Å². The van der Waals surface area contributed by atoms with E-state index in [1.807, 2.05) is 12.1 Å². The van der Waals surface area contributed by atoms with Crippen LogP contribution >= 0.6 is 35.0 Å². The van der Waals surface area contributed by atoms with E-state index in [0.29, 0.717) is 6.04 Å². The van der Waals surface area contributed by atoms with Gasteiger partial charge in [-0.2, -0.15) is 0 Å². The molecule has 1 fully saturated rings. The smallest absolute Gasteiger partial charge is 0.128 e. The van der Waals surface area contributed by atoms with Gasteiger partial charge in [0.2, 0.25) is 0 Å². The first-order valence-corrected chi connectivity index (χ1v) is 10.8. The first kappa shape index (κ1) is 18.6. The molecule has 6 heteroatoms. The standard InChI is InChI=1S/C20H22Cl2N2OS/c21-15-4-5-19-14(12-15)13-18(16-2-1-3-17(22)20(16)26-19)24-8-6-23(7-9-24)10-11-25/h1-5,12,18,25H,6-11,13H2/p+2/t18-/m1/s1. The zero-order chi connectivity index (χ0) is 18.1. The number of hydrogen-bond donors (Lipinski definition) is 3. The summed E-state index contributed by atoms with van der Waals surface area (Å²) in [5.74, 6) is 0. The average molecular weight is 411 g/mol. The summed E-state index contributed by atoms with van der Waals surface area (Å²) in [6.45, 7) is 5.58. The summed E-state index contributed by atoms with van der Waals surface area (Å²) in [6.07, 6.45) is 0.987. The Bertz CT molecular complexity index is 793. The highest BCUT2D eigenvalue weighted by atomic mass is 35.5. The summed E-state index contributed by atoms with van der Waals surface area (Å²) in [5, 5.41) is 10.8. The Balaban J connectivity index is 1.68. The van der Waals surface area contributed by atoms with Gasteiger partial charge in [-0.15, -0.1) is 0 Å². The SMILES string of the molecule is OCC[NH+]1CC[NH+]([C@@H]2Cc3cc(Cl)ccc3Sc3c(Cl)cccc32)CC1. The minimum atomic E-state index is 0.273. The normalized spacial score (nSPS) is 25.3. The molecule has 2 aliphatic rings. The third kappa shape index (κ3) is 3.77. The minimum absolute atomic E-state index is 0.273. The monoisotopic (exact) mass is 410 g/mol. The second kappa shape index (κ2) is 8.09. The van der Waals surface area contributed by atoms with Crippen LogP contribution in [0.15, 0.2) is 46.2 Å². The van der Waals surface area contributed by atoms with Crippen LogP contribution in [0.4, 0.5) is 0 Å². The lowest BCUT2D eigenvalue weighted by atomic mass is 9.96. The molecule has 0 aromatic heterocycles. The first-order valence-electron chi connectivity index (χ1n) is 9.19. The molecule has 4 rings (SSSR count). The second-order valence-electron chi connectivity index (χ2n) is 7.15. The number of halogens is 2. The number of hydrogen-bond acceptors (Lipinski definition) is 2. The summed E-state index contributed by atoms with van der Waals surface area (Å²) in [6, 6.07) is 12.9. The van der Waals surface area contributed by atoms with Crippen LogP contribution in [0.1, 0.15) is 17.2 Å². The van der Waals surface area contributed by atoms with Crippen molar-refractivity contribution in [2.24, 2.45) is 0 Å². The molecule has 0 aliphatic carbocycles. The van der Waals surface area contributed by atoms with E-state index < -0.39 is 0 Å². The lowest BCUT2D eigenvalue weighted by Gasteiger charge is -2.35. The topological polar surface area (TPSA) is 29.1 Å². The highest BCUT2D eigenvalue weighted by Gasteiger charge is 2.34. The summed E-state index contributed by atoms with van der Waals surface area (Å²) in [7, 11) is 0. The fourth-order valence-corrected chi connectivity index (χ4v) is 5.82. The maximum atomic E-state index is 9.21. The van der Waals surface area contributed by atoms with Crippen molar-refractivity contribution in [2.75, 3.05) is 39.3 Å². The molecule has 2 heterocycles. The van der Waals surface area contributed by atoms with Gasteiger partial charge in [-0.05, 0) is 29.8 Å². The number of rotatable bonds is 3. The molecule has 0 radical (unpaired) electrons. The molecule has 2 aliphatic heterocycles. The molecule has 0 spiro atoms. The number of fused-ring (bicyclic) bond motifs is 2. The maximum Gasteiger partial charge on any atom is 0.128 e. The zero-order valence-corrected chi connectivity index (χ0v) is 16.9. The van der Waals surface area contributed by atoms with Gasteiger partial charge >= 0.3 is 0 Å². The van der Waals surface area contributed by atoms with Crippen LogP contribution in [0.25, 0.3) is 0 Å². The lowest BCUT2D eigenvalue weighted by Crippen LogP contribution is -3.28. The minimum Gasteiger partial charge on any atom is -0.391 e. The molecular formula is C20H24Cl2N2OS+2. The van der Waals surface area contributed by atoms with E-state index in [1.54, 1.807) is 16.7 Å². The molecule has 0 unspecified atom stereocenters. The third-order valence-electron chi connectivity index (χ3n) is 5.59. The Labute approximate surface area is 168 Å². The molecule has 3 nitrogen and oxygen atoms in total. The van der Waals surface area contributed by atoms with Gasteiger partial charge in [-0.1, -0.05) is 47.1 Å². The number of quaternary nitrogens is 2. The molecule has 1 atom stereocenters. The van der Waals surface area contributed by atoms with Gasteiger partial charge in [0, 0.05) is 26.8 Å². The van der Waals surface area contributed by atoms with Gasteiger partial charge in [0.25, 0.3) is 0 Å². The Hall–Kier alpha value is -0.750. The predicted octanol–water partition coefficient (Wildman–Crippen LogP) is 1.52. The number of aliphatic hydroxyl groups excluding tert-OH is 1. The average Bonchev–Trinajstić information content (AvgIpc) is 2.80. The molecule has 2 aromatic carbocycles. The van der Waals surface area contributed by atoms with Gasteiger partial charge in [0.1, 0.15) is 38.8 Å². The number of benzene rings is 2. The molecule has 2 aromatic rings. The largest absolute Gasteiger partial charge is 0.391 e. The van der Waals surface area contributed by atoms with Crippen molar-refractivity contribution >= 4 is 35.0 Å². The highest BCUT2D eigenvalue weighted by Crippen LogP contribution is 2.43. The van der Waals surface area contributed by atoms with Crippen molar-refractivity contribution in [1.29, 1.82) is 0 Å². The zero-order valence-electron chi connectivity index (χ0n) is 14.6. The van der Waals surface area contributed by atoms with Crippen LogP contribution in [-0.4, -0.2) is 44.4 Å². The Morgan fingerprint density at radius 3 is 2.65 bits per heavy atom. The summed E-state index contributed by atoms with van der Waals surface area (Å²) in [4.78, 5) is 5.57. The molecule has 1 saturated heterocycles. The van der Waals surface area contributed by atoms with Crippen LogP contribution in [0, 0.1) is 0 Å². The van der Waals surface area contributed by atoms with E-state index in [-0.39, 0.29) is 6.61 Å². The van der Waals surface area contributed by atoms with Crippen LogP contribution < -0.4 is 9.80 Å². The quantitative estimate of drug-likeness (QED) is 0.715. The molecular weight excluding hydrogens is 387 g/mol. The number of piperazine rings is 1. The molecule has 26 heavy (non-hydrogen) atoms. The number of nitrogens with one attached hydrogen (secondary N) is 2. The van der Waals surface area contributed by atoms with Gasteiger partial charge in [0.15, 0.2) is 0 Å². The van der Waals surface area contributed by atoms with Crippen molar-refractivity contribution in [1.82, 2.24) is 0 Å². The van der Waals surface area contributed by atoms with Crippen molar-refractivity contribution in [3.63, 3.8) is 0 Å². The van der Waals surface area contributed by atoms with Crippen LogP contribution in [0.3, 0.4) is 0 Å². The summed E-state index contributed by atoms with van der Waals surface area (Å²) in [5.41, 5.74) is 2.67. The molecule has 3 N–H and O–H groups in total. The molecule has 0 bridgehead atoms. The van der Waals surface area contributed by atoms with Crippen molar-refractivity contribution in [3.05, 3.63) is 57.6 Å². The lowest BCUT2D eigenvalue weighted by molar-refractivity contribution is -1.03. The van der Waals surface area contributed by atoms with Gasteiger partial charge in [-0.25, -0.2) is 0 Å². The van der Waals surface area contributed by atoms with Crippen LogP contribution in [0.5, 0.6) is 0 Å². The molecule has 0 amide bonds. The van der Waals surface area contributed by atoms with Crippen molar-refractivity contribution in [2.45, 2.75) is 22.3 Å². The Morgan fingerprint density at radius 1 is 1.08 bits per heavy atom. The third-order valence-corrected chi connectivity index (χ3v) is 7.53. The van der Waals surface area contributed by atoms with Gasteiger partial charge < -0.3 is 14.9 Å². The van der Waals surface area contributed by atoms with E-state index in [0.717, 1.165) is 49.2 Å². The molecule has 138 valence electrons. The predicted molar refractivity (Wildman–Crippen MR) is 107 cm³/mol. The van der Waals surface area contributed by atoms with E-state index in [9.17, 15) is 5.11 Å². The fourth-order valence-electron chi connectivity index (χ4n) is 4.20. The van der Waals surface area contributed by atoms with Crippen LogP contribution in [0.2, 0.25) is 10.0 Å². The first-order chi connectivity index (χ1) is 12.7. The van der Waals surface area contributed by atoms with Crippen molar-refractivity contribution in [3.8, 4) is 0 Å². The van der Waals surface area contributed by atoms with E-state index in [2.05, 4.69) is 24.3 Å². The van der Waals surface area contributed by atoms with E-state index in [4.69, 9.17) is 23.2 Å². The summed E-state index contributed by atoms with van der Waals surface area (Å²) < 4.78 is 0. The Morgan fingerprint density at radius 2 is 1.88 bits per heavy atom. The summed E-state index contributed by atoms with van der Waals surface area (Å²) >= 11 is 14.7. The number of aliphatic hydroxyl groups is 1. The van der Waals surface area contributed by atoms with E-state index in [1.165, 1.54) is 25.8 Å². The highest BCUT2D eigenvalue weighted by molar-refractivity contribution is 7.99. The fraction of sp³-hybridized carbons (Fsp3) is 0.400. The van der Waals surface area contributed by atoms with Gasteiger partial charge in [-0.3, -0.25) is 0 Å².